The fourth-order valence-corrected chi connectivity index (χ4v) is 5.80. The summed E-state index contributed by atoms with van der Waals surface area (Å²) in [6.45, 7) is 11.1. The van der Waals surface area contributed by atoms with Gasteiger partial charge in [-0.05, 0) is 0 Å². The Balaban J connectivity index is 2.89. The van der Waals surface area contributed by atoms with Gasteiger partial charge in [0.05, 0.1) is 0 Å². The van der Waals surface area contributed by atoms with E-state index in [9.17, 15) is 0 Å². The average molecular weight is 324 g/mol. The topological polar surface area (TPSA) is 15.6 Å². The molecular weight excluding hydrogens is 302 g/mol. The summed E-state index contributed by atoms with van der Waals surface area (Å²) in [5.41, 5.74) is 0.988. The fourth-order valence-electron chi connectivity index (χ4n) is 1.93. The zero-order valence-corrected chi connectivity index (χ0v) is 14.1. The van der Waals surface area contributed by atoms with Gasteiger partial charge in [-0.1, -0.05) is 0 Å². The van der Waals surface area contributed by atoms with E-state index in [0.717, 1.165) is 17.8 Å². The number of nitrogens with zero attached hydrogens (tertiary/aromatic N) is 2. The summed E-state index contributed by atoms with van der Waals surface area (Å²) in [4.78, 5) is 2.34. The van der Waals surface area contributed by atoms with Gasteiger partial charge < -0.3 is 0 Å². The zero-order valence-electron chi connectivity index (χ0n) is 10.6. The average Bonchev–Trinajstić information content (AvgIpc) is 2.69. The van der Waals surface area contributed by atoms with Gasteiger partial charge in [-0.25, -0.2) is 0 Å². The predicted octanol–water partition coefficient (Wildman–Crippen LogP) is 2.82. The van der Waals surface area contributed by atoms with Gasteiger partial charge in [0.25, 0.3) is 0 Å². The van der Waals surface area contributed by atoms with Gasteiger partial charge in [0.2, 0.25) is 0 Å². The summed E-state index contributed by atoms with van der Waals surface area (Å²) in [5, 5.41) is 0. The number of hydrogen-bond acceptors (Lipinski definition) is 1. The van der Waals surface area contributed by atoms with E-state index in [-0.39, 0.29) is 0 Å². The number of rotatable bonds is 3. The van der Waals surface area contributed by atoms with Gasteiger partial charge in [0.15, 0.2) is 0 Å². The van der Waals surface area contributed by atoms with Crippen LogP contribution in [-0.4, -0.2) is 50.1 Å². The molecule has 0 aromatic heterocycles. The summed E-state index contributed by atoms with van der Waals surface area (Å²) in [7, 11) is 0. The molecule has 0 aromatic rings. The van der Waals surface area contributed by atoms with Crippen molar-refractivity contribution in [1.29, 1.82) is 0 Å². The Kier molecular flexibility index (Phi) is 5.51. The van der Waals surface area contributed by atoms with Gasteiger partial charge in [-0.3, -0.25) is 0 Å². The molecule has 0 spiro atoms. The number of hydrogen-bond donors (Lipinski definition) is 0. The first-order chi connectivity index (χ1) is 7.38. The van der Waals surface area contributed by atoms with Gasteiger partial charge in [0.1, 0.15) is 0 Å². The molecule has 0 unspecified atom stereocenters. The fraction of sp³-hybridized carbons (Fsp3) is 0.909. The zero-order chi connectivity index (χ0) is 12.3. The second-order valence-corrected chi connectivity index (χ2v) is 11.1. The van der Waals surface area contributed by atoms with Crippen molar-refractivity contribution in [1.82, 2.24) is 4.90 Å². The van der Waals surface area contributed by atoms with Crippen molar-refractivity contribution >= 4 is 38.7 Å². The molecule has 0 amide bonds. The van der Waals surface area contributed by atoms with Gasteiger partial charge >= 0.3 is 113 Å². The van der Waals surface area contributed by atoms with Crippen molar-refractivity contribution < 1.29 is 0 Å². The summed E-state index contributed by atoms with van der Waals surface area (Å²) in [6, 6.07) is 0. The molecule has 0 aromatic carbocycles. The van der Waals surface area contributed by atoms with E-state index >= 15 is 0 Å². The summed E-state index contributed by atoms with van der Waals surface area (Å²) >= 11 is 8.96. The third-order valence-electron chi connectivity index (χ3n) is 3.10. The Labute approximate surface area is 113 Å². The van der Waals surface area contributed by atoms with Gasteiger partial charge in [-0.15, -0.1) is 0 Å². The quantitative estimate of drug-likeness (QED) is 0.343. The molecule has 1 aliphatic rings. The molecule has 1 fully saturated rings. The van der Waals surface area contributed by atoms with Crippen LogP contribution in [0.4, 0.5) is 0 Å². The Morgan fingerprint density at radius 1 is 1.19 bits per heavy atom. The van der Waals surface area contributed by atoms with Gasteiger partial charge in [0, 0.05) is 0 Å². The second-order valence-electron chi connectivity index (χ2n) is 4.94. The molecule has 0 N–H and O–H groups in total. The molecule has 1 rings (SSSR count). The van der Waals surface area contributed by atoms with E-state index in [4.69, 9.17) is 16.6 Å². The maximum absolute atomic E-state index is 5.84. The Morgan fingerprint density at radius 3 is 2.00 bits per heavy atom. The van der Waals surface area contributed by atoms with Crippen LogP contribution in [0.1, 0.15) is 40.5 Å². The van der Waals surface area contributed by atoms with Crippen molar-refractivity contribution in [2.45, 2.75) is 51.9 Å². The first-order valence-electron chi connectivity index (χ1n) is 5.99. The van der Waals surface area contributed by atoms with E-state index in [1.165, 1.54) is 12.8 Å². The van der Waals surface area contributed by atoms with Crippen LogP contribution < -0.4 is 0 Å². The summed E-state index contributed by atoms with van der Waals surface area (Å²) in [5.74, 6) is 0. The normalized spacial score (nSPS) is 18.9. The number of amidine groups is 1. The molecular formula is C11H22N2PSSe. The van der Waals surface area contributed by atoms with Crippen LogP contribution in [0.5, 0.6) is 0 Å². The molecule has 0 saturated carbocycles. The maximum atomic E-state index is 5.84. The Morgan fingerprint density at radius 2 is 1.62 bits per heavy atom. The Hall–Kier alpha value is 0.639. The van der Waals surface area contributed by atoms with E-state index in [1.807, 2.05) is 0 Å². The van der Waals surface area contributed by atoms with Crippen molar-refractivity contribution in [3.8, 4) is 0 Å². The predicted molar refractivity (Wildman–Crippen MR) is 78.6 cm³/mol. The molecule has 0 aliphatic carbocycles. The van der Waals surface area contributed by atoms with Crippen LogP contribution in [-0.2, 0) is 11.8 Å². The third-order valence-corrected chi connectivity index (χ3v) is 10.4. The number of likely N-dealkylation sites (tertiary alicyclic amines) is 1. The minimum absolute atomic E-state index is 0.494. The summed E-state index contributed by atoms with van der Waals surface area (Å²) < 4.78 is 5.96. The minimum atomic E-state index is -1.62. The van der Waals surface area contributed by atoms with E-state index < -0.39 is 6.19 Å². The summed E-state index contributed by atoms with van der Waals surface area (Å²) in [6.07, 6.45) is 0.946. The van der Waals surface area contributed by atoms with Crippen LogP contribution in [0.2, 0.25) is 0 Å². The van der Waals surface area contributed by atoms with Crippen molar-refractivity contribution in [3.63, 3.8) is 0 Å². The molecule has 0 bridgehead atoms. The molecule has 1 heterocycles. The van der Waals surface area contributed by atoms with Crippen LogP contribution in [0.15, 0.2) is 4.76 Å². The molecule has 0 atom stereocenters. The van der Waals surface area contributed by atoms with Gasteiger partial charge in [-0.2, -0.15) is 0 Å². The first kappa shape index (κ1) is 14.7. The molecule has 93 valence electrons. The monoisotopic (exact) mass is 325 g/mol. The molecule has 16 heavy (non-hydrogen) atoms. The molecule has 5 heteroatoms. The second kappa shape index (κ2) is 6.00. The van der Waals surface area contributed by atoms with E-state index in [1.54, 1.807) is 0 Å². The van der Waals surface area contributed by atoms with Crippen LogP contribution in [0.25, 0.3) is 0 Å². The molecule has 2 nitrogen and oxygen atoms in total. The molecule has 1 saturated heterocycles. The third kappa shape index (κ3) is 3.32. The van der Waals surface area contributed by atoms with E-state index in [0.29, 0.717) is 11.3 Å². The molecule has 1 aliphatic heterocycles. The van der Waals surface area contributed by atoms with Crippen LogP contribution in [0, 0.1) is 0 Å². The van der Waals surface area contributed by atoms with Crippen LogP contribution in [0.3, 0.4) is 0 Å². The van der Waals surface area contributed by atoms with Crippen molar-refractivity contribution in [2.24, 2.45) is 4.76 Å². The van der Waals surface area contributed by atoms with Crippen LogP contribution >= 0.6 is 6.19 Å². The van der Waals surface area contributed by atoms with Crippen molar-refractivity contribution in [2.75, 3.05) is 13.1 Å². The standard InChI is InChI=1S/C11H22N2PSSe/c1-9(2)14(15,10(3)4)12-11(16)13-7-5-6-8-13/h9-10H,5-8H2,1-4H3/b12-11-. The van der Waals surface area contributed by atoms with E-state index in [2.05, 4.69) is 48.6 Å². The SMILES string of the molecule is CC(C)P(=S)(/N=C(\[Se])N1CCCC1)C(C)C. The molecule has 1 radical (unpaired) electrons. The first-order valence-corrected chi connectivity index (χ1v) is 9.74. The Bertz CT molecular complexity index is 297. The van der Waals surface area contributed by atoms with Crippen molar-refractivity contribution in [3.05, 3.63) is 0 Å².